The van der Waals surface area contributed by atoms with Crippen LogP contribution in [0.1, 0.15) is 50.9 Å². The maximum Gasteiger partial charge on any atom is 0.235 e. The van der Waals surface area contributed by atoms with E-state index in [9.17, 15) is 0 Å². The van der Waals surface area contributed by atoms with E-state index in [1.54, 1.807) is 0 Å². The first-order valence-electron chi connectivity index (χ1n) is 24.4. The average Bonchev–Trinajstić information content (AvgIpc) is 3.42. The van der Waals surface area contributed by atoms with Gasteiger partial charge in [0.25, 0.3) is 0 Å². The summed E-state index contributed by atoms with van der Waals surface area (Å²) in [5, 5.41) is 10.5. The molecule has 0 aliphatic carbocycles. The van der Waals surface area contributed by atoms with Crippen molar-refractivity contribution >= 4 is 92.3 Å². The first-order chi connectivity index (χ1) is 34.4. The van der Waals surface area contributed by atoms with Crippen molar-refractivity contribution in [1.82, 2.24) is 19.9 Å². The molecule has 8 aromatic carbocycles. The Morgan fingerprint density at radius 2 is 0.543 bits per heavy atom. The Morgan fingerprint density at radius 3 is 0.800 bits per heavy atom. The van der Waals surface area contributed by atoms with E-state index >= 15 is 0 Å². The number of benzene rings is 8. The van der Waals surface area contributed by atoms with Crippen molar-refractivity contribution < 1.29 is 0 Å². The predicted molar refractivity (Wildman–Crippen MR) is 295 cm³/mol. The molecule has 0 saturated heterocycles. The van der Waals surface area contributed by atoms with Gasteiger partial charge in [-0.1, -0.05) is 222 Å². The monoisotopic (exact) mass is 936 g/mol. The van der Waals surface area contributed by atoms with Crippen molar-refractivity contribution in [2.24, 2.45) is 0 Å². The molecule has 10 aromatic rings. The number of aromatic nitrogens is 4. The molecule has 12 rings (SSSR count). The number of hydrogen-bond acceptors (Lipinski definition) is 6. The molecule has 338 valence electrons. The van der Waals surface area contributed by atoms with Gasteiger partial charge < -0.3 is 0 Å². The van der Waals surface area contributed by atoms with Gasteiger partial charge in [-0.3, -0.25) is 9.80 Å². The fraction of sp³-hybridized carbons (Fsp3) is 0.0968. The normalized spacial score (nSPS) is 14.1. The third-order valence-corrected chi connectivity index (χ3v) is 24.1. The second-order valence-electron chi connectivity index (χ2n) is 19.0. The van der Waals surface area contributed by atoms with Crippen molar-refractivity contribution in [2.45, 2.75) is 39.5 Å². The summed E-state index contributed by atoms with van der Waals surface area (Å²) in [7, 11) is -5.69. The summed E-state index contributed by atoms with van der Waals surface area (Å²) < 4.78 is 0. The minimum atomic E-state index is -2.84. The molecule has 4 heterocycles. The number of fused-ring (bicyclic) bond motifs is 4. The minimum Gasteiger partial charge on any atom is -0.279 e. The van der Waals surface area contributed by atoms with Crippen LogP contribution in [0, 0.1) is 0 Å². The maximum atomic E-state index is 5.61. The predicted octanol–water partition coefficient (Wildman–Crippen LogP) is 9.50. The topological polar surface area (TPSA) is 58.0 Å². The largest absolute Gasteiger partial charge is 0.279 e. The van der Waals surface area contributed by atoms with Crippen LogP contribution in [0.15, 0.2) is 231 Å². The Balaban J connectivity index is 1.08. The second-order valence-corrected chi connectivity index (χ2v) is 26.4. The lowest BCUT2D eigenvalue weighted by molar-refractivity contribution is 0.807. The van der Waals surface area contributed by atoms with Gasteiger partial charge in [0.1, 0.15) is 0 Å². The smallest absolute Gasteiger partial charge is 0.235 e. The summed E-state index contributed by atoms with van der Waals surface area (Å²) in [4.78, 5) is 26.7. The standard InChI is InChI=1S/C62H52N6Si2/c1-43(2)49-41-51(65-61(63-49)67-53-33-17-21-37-57(53)69(45-25-9-5-10-26-45,46-27-11-6-12-28-46)58-38-22-18-34-54(58)67)52-42-50(44(3)4)64-62(66-52)68-55-35-19-23-39-59(55)70(47-29-13-7-14-30-47,48-31-15-8-16-32-48)60-40-24-20-36-56(60)68/h5-44H,1-4H3. The fourth-order valence-corrected chi connectivity index (χ4v) is 21.4. The van der Waals surface area contributed by atoms with Gasteiger partial charge in [-0.15, -0.1) is 0 Å². The quantitative estimate of drug-likeness (QED) is 0.135. The van der Waals surface area contributed by atoms with Crippen LogP contribution in [-0.2, 0) is 0 Å². The zero-order chi connectivity index (χ0) is 47.4. The molecule has 0 radical (unpaired) electrons. The molecule has 0 atom stereocenters. The minimum absolute atomic E-state index is 0.110. The number of anilines is 6. The average molecular weight is 937 g/mol. The van der Waals surface area contributed by atoms with Crippen LogP contribution >= 0.6 is 0 Å². The molecule has 0 fully saturated rings. The van der Waals surface area contributed by atoms with Crippen molar-refractivity contribution in [3.8, 4) is 11.4 Å². The number of para-hydroxylation sites is 4. The summed E-state index contributed by atoms with van der Waals surface area (Å²) >= 11 is 0. The highest BCUT2D eigenvalue weighted by Crippen LogP contribution is 2.41. The van der Waals surface area contributed by atoms with E-state index in [1.807, 2.05) is 0 Å². The van der Waals surface area contributed by atoms with E-state index < -0.39 is 16.1 Å². The highest BCUT2D eigenvalue weighted by molar-refractivity contribution is 7.22. The summed E-state index contributed by atoms with van der Waals surface area (Å²) in [5.74, 6) is 1.45. The van der Waals surface area contributed by atoms with Gasteiger partial charge in [0.15, 0.2) is 16.1 Å². The van der Waals surface area contributed by atoms with Crippen LogP contribution in [0.5, 0.6) is 0 Å². The van der Waals surface area contributed by atoms with Gasteiger partial charge in [-0.2, -0.15) is 0 Å². The van der Waals surface area contributed by atoms with Gasteiger partial charge in [0.2, 0.25) is 11.9 Å². The molecule has 70 heavy (non-hydrogen) atoms. The summed E-state index contributed by atoms with van der Waals surface area (Å²) in [6.45, 7) is 8.83. The van der Waals surface area contributed by atoms with Crippen molar-refractivity contribution in [2.75, 3.05) is 9.80 Å². The molecule has 0 spiro atoms. The SMILES string of the molecule is CC(C)c1cc(-c2cc(C(C)C)nc(N3c4ccccc4[Si](c4ccccc4)(c4ccccc4)c4ccccc43)n2)nc(N2c3ccccc3[Si](c3ccccc3)(c3ccccc3)c3ccccc32)n1. The zero-order valence-electron chi connectivity index (χ0n) is 39.8. The fourth-order valence-electron chi connectivity index (χ4n) is 11.2. The van der Waals surface area contributed by atoms with E-state index in [2.05, 4.69) is 268 Å². The van der Waals surface area contributed by atoms with Gasteiger partial charge in [0, 0.05) is 34.1 Å². The summed E-state index contributed by atoms with van der Waals surface area (Å²) in [6, 6.07) is 84.5. The lowest BCUT2D eigenvalue weighted by Crippen LogP contribution is -2.77. The number of hydrogen-bond donors (Lipinski definition) is 0. The van der Waals surface area contributed by atoms with E-state index in [4.69, 9.17) is 19.9 Å². The van der Waals surface area contributed by atoms with Crippen molar-refractivity contribution in [3.05, 3.63) is 242 Å². The van der Waals surface area contributed by atoms with Crippen LogP contribution in [0.3, 0.4) is 0 Å². The molecular weight excluding hydrogens is 885 g/mol. The highest BCUT2D eigenvalue weighted by atomic mass is 28.3. The van der Waals surface area contributed by atoms with E-state index in [1.165, 1.54) is 41.5 Å². The Kier molecular flexibility index (Phi) is 10.8. The molecule has 2 aliphatic rings. The van der Waals surface area contributed by atoms with Crippen LogP contribution in [0.25, 0.3) is 11.4 Å². The first kappa shape index (κ1) is 43.2. The molecule has 0 N–H and O–H groups in total. The Morgan fingerprint density at radius 1 is 0.300 bits per heavy atom. The van der Waals surface area contributed by atoms with Crippen LogP contribution < -0.4 is 51.3 Å². The molecule has 0 bridgehead atoms. The molecule has 0 unspecified atom stereocenters. The first-order valence-corrected chi connectivity index (χ1v) is 28.4. The Labute approximate surface area is 412 Å². The van der Waals surface area contributed by atoms with Crippen LogP contribution in [-0.4, -0.2) is 36.1 Å². The van der Waals surface area contributed by atoms with Crippen LogP contribution in [0.2, 0.25) is 0 Å². The lowest BCUT2D eigenvalue weighted by Gasteiger charge is -2.44. The molecule has 8 heteroatoms. The van der Waals surface area contributed by atoms with Gasteiger partial charge in [-0.25, -0.2) is 19.9 Å². The number of nitrogens with zero attached hydrogens (tertiary/aromatic N) is 6. The van der Waals surface area contributed by atoms with E-state index in [0.717, 1.165) is 45.5 Å². The third kappa shape index (κ3) is 6.73. The van der Waals surface area contributed by atoms with Crippen molar-refractivity contribution in [3.63, 3.8) is 0 Å². The third-order valence-electron chi connectivity index (χ3n) is 14.3. The van der Waals surface area contributed by atoms with Gasteiger partial charge >= 0.3 is 0 Å². The molecule has 0 saturated carbocycles. The second kappa shape index (κ2) is 17.5. The van der Waals surface area contributed by atoms with E-state index in [-0.39, 0.29) is 11.8 Å². The molecule has 6 nitrogen and oxygen atoms in total. The van der Waals surface area contributed by atoms with Gasteiger partial charge in [-0.05, 0) is 89.7 Å². The molecule has 2 aromatic heterocycles. The van der Waals surface area contributed by atoms with Gasteiger partial charge in [0.05, 0.1) is 11.4 Å². The van der Waals surface area contributed by atoms with E-state index in [0.29, 0.717) is 11.9 Å². The highest BCUT2D eigenvalue weighted by Gasteiger charge is 2.51. The van der Waals surface area contributed by atoms with Crippen molar-refractivity contribution in [1.29, 1.82) is 0 Å². The molecule has 2 aliphatic heterocycles. The van der Waals surface area contributed by atoms with Crippen LogP contribution in [0.4, 0.5) is 34.6 Å². The lowest BCUT2D eigenvalue weighted by atomic mass is 10.1. The number of rotatable bonds is 9. The summed E-state index contributed by atoms with van der Waals surface area (Å²) in [6.07, 6.45) is 0. The Bertz CT molecular complexity index is 3120. The summed E-state index contributed by atoms with van der Waals surface area (Å²) in [5.41, 5.74) is 7.74. The molecular formula is C62H52N6Si2. The Hall–Kier alpha value is -8.05. The zero-order valence-corrected chi connectivity index (χ0v) is 41.8. The maximum absolute atomic E-state index is 5.61. The molecule has 0 amide bonds.